The van der Waals surface area contributed by atoms with E-state index in [1.807, 2.05) is 44.2 Å². The Hall–Kier alpha value is -1.78. The number of ether oxygens (including phenoxy) is 1. The average molecular weight is 467 g/mol. The zero-order valence-corrected chi connectivity index (χ0v) is 19.5. The molecule has 1 aliphatic heterocycles. The fourth-order valence-electron chi connectivity index (χ4n) is 3.82. The van der Waals surface area contributed by atoms with E-state index in [0.717, 1.165) is 18.4 Å². The molecule has 2 aromatic rings. The van der Waals surface area contributed by atoms with Crippen molar-refractivity contribution in [2.24, 2.45) is 5.92 Å². The number of hydrogen-bond acceptors (Lipinski definition) is 5. The van der Waals surface area contributed by atoms with Gasteiger partial charge in [0.25, 0.3) is 0 Å². The van der Waals surface area contributed by atoms with Crippen molar-refractivity contribution < 1.29 is 21.6 Å². The SMILES string of the molecule is CCC(CC)[C@@H](NS(=O)(=O)c1ccc(S(=O)(=O)N2CCOCC2)cc1)c1ccccc1. The number of nitrogens with one attached hydrogen (secondary N) is 1. The third kappa shape index (κ3) is 5.53. The van der Waals surface area contributed by atoms with Gasteiger partial charge in [-0.3, -0.25) is 0 Å². The minimum Gasteiger partial charge on any atom is -0.379 e. The van der Waals surface area contributed by atoms with Gasteiger partial charge < -0.3 is 4.74 Å². The molecule has 1 heterocycles. The van der Waals surface area contributed by atoms with Gasteiger partial charge in [0.1, 0.15) is 0 Å². The van der Waals surface area contributed by atoms with E-state index >= 15 is 0 Å². The van der Waals surface area contributed by atoms with Crippen molar-refractivity contribution in [1.29, 1.82) is 0 Å². The van der Waals surface area contributed by atoms with E-state index in [0.29, 0.717) is 13.2 Å². The second kappa shape index (κ2) is 10.2. The van der Waals surface area contributed by atoms with Crippen molar-refractivity contribution >= 4 is 20.0 Å². The molecule has 0 unspecified atom stereocenters. The lowest BCUT2D eigenvalue weighted by molar-refractivity contribution is 0.0730. The van der Waals surface area contributed by atoms with Gasteiger partial charge in [-0.15, -0.1) is 0 Å². The van der Waals surface area contributed by atoms with Crippen LogP contribution in [0.1, 0.15) is 38.3 Å². The number of morpholine rings is 1. The molecule has 0 aromatic heterocycles. The summed E-state index contributed by atoms with van der Waals surface area (Å²) in [7, 11) is -7.51. The Kier molecular flexibility index (Phi) is 7.87. The standard InChI is InChI=1S/C22H30N2O5S2/c1-3-18(4-2)22(19-8-6-5-7-9-19)23-30(25,26)20-10-12-21(13-11-20)31(27,28)24-14-16-29-17-15-24/h5-13,18,22-23H,3-4,14-17H2,1-2H3/t22-/m1/s1. The van der Waals surface area contributed by atoms with E-state index in [-0.39, 0.29) is 34.8 Å². The number of benzene rings is 2. The molecule has 3 rings (SSSR count). The molecule has 2 aromatic carbocycles. The Morgan fingerprint density at radius 2 is 1.42 bits per heavy atom. The van der Waals surface area contributed by atoms with Gasteiger partial charge in [0, 0.05) is 19.1 Å². The van der Waals surface area contributed by atoms with Crippen molar-refractivity contribution in [2.75, 3.05) is 26.3 Å². The number of nitrogens with zero attached hydrogens (tertiary/aromatic N) is 1. The first-order valence-corrected chi connectivity index (χ1v) is 13.5. The molecule has 0 spiro atoms. The Morgan fingerprint density at radius 1 is 0.871 bits per heavy atom. The molecule has 1 atom stereocenters. The molecule has 0 amide bonds. The lowest BCUT2D eigenvalue weighted by Crippen LogP contribution is -2.40. The van der Waals surface area contributed by atoms with E-state index in [9.17, 15) is 16.8 Å². The van der Waals surface area contributed by atoms with Crippen LogP contribution in [-0.2, 0) is 24.8 Å². The Bertz CT molecular complexity index is 1040. The fraction of sp³-hybridized carbons (Fsp3) is 0.455. The molecule has 1 aliphatic rings. The molecule has 31 heavy (non-hydrogen) atoms. The summed E-state index contributed by atoms with van der Waals surface area (Å²) in [5.74, 6) is 0.137. The van der Waals surface area contributed by atoms with Crippen LogP contribution in [0.5, 0.6) is 0 Å². The zero-order chi connectivity index (χ0) is 22.5. The van der Waals surface area contributed by atoms with Gasteiger partial charge in [-0.05, 0) is 35.7 Å². The van der Waals surface area contributed by atoms with Gasteiger partial charge in [0.15, 0.2) is 0 Å². The summed E-state index contributed by atoms with van der Waals surface area (Å²) in [6.45, 7) is 5.38. The summed E-state index contributed by atoms with van der Waals surface area (Å²) in [4.78, 5) is 0.119. The molecule has 170 valence electrons. The Labute approximate surface area is 185 Å². The molecule has 0 radical (unpaired) electrons. The molecular formula is C22H30N2O5S2. The van der Waals surface area contributed by atoms with Gasteiger partial charge >= 0.3 is 0 Å². The van der Waals surface area contributed by atoms with Crippen LogP contribution in [0.15, 0.2) is 64.4 Å². The van der Waals surface area contributed by atoms with Crippen molar-refractivity contribution in [3.63, 3.8) is 0 Å². The van der Waals surface area contributed by atoms with Crippen molar-refractivity contribution in [3.8, 4) is 0 Å². The third-order valence-electron chi connectivity index (χ3n) is 5.70. The van der Waals surface area contributed by atoms with E-state index < -0.39 is 20.0 Å². The van der Waals surface area contributed by atoms with Gasteiger partial charge in [0.05, 0.1) is 23.0 Å². The first-order chi connectivity index (χ1) is 14.8. The van der Waals surface area contributed by atoms with Crippen molar-refractivity contribution in [2.45, 2.75) is 42.5 Å². The first-order valence-electron chi connectivity index (χ1n) is 10.5. The number of rotatable bonds is 9. The van der Waals surface area contributed by atoms with E-state index in [1.54, 1.807) is 0 Å². The number of hydrogen-bond donors (Lipinski definition) is 1. The quantitative estimate of drug-likeness (QED) is 0.613. The number of sulfonamides is 2. The van der Waals surface area contributed by atoms with Crippen LogP contribution in [0.25, 0.3) is 0 Å². The third-order valence-corrected chi connectivity index (χ3v) is 9.07. The molecule has 7 nitrogen and oxygen atoms in total. The molecule has 1 N–H and O–H groups in total. The van der Waals surface area contributed by atoms with E-state index in [1.165, 1.54) is 28.6 Å². The van der Waals surface area contributed by atoms with Crippen LogP contribution in [0.3, 0.4) is 0 Å². The van der Waals surface area contributed by atoms with Crippen LogP contribution < -0.4 is 4.72 Å². The molecule has 1 saturated heterocycles. The molecule has 0 bridgehead atoms. The van der Waals surface area contributed by atoms with E-state index in [4.69, 9.17) is 4.74 Å². The smallest absolute Gasteiger partial charge is 0.243 e. The minimum absolute atomic E-state index is 0.0420. The topological polar surface area (TPSA) is 92.8 Å². The van der Waals surface area contributed by atoms with Crippen LogP contribution in [0.2, 0.25) is 0 Å². The predicted octanol–water partition coefficient (Wildman–Crippen LogP) is 3.16. The molecular weight excluding hydrogens is 436 g/mol. The highest BCUT2D eigenvalue weighted by Gasteiger charge is 2.29. The van der Waals surface area contributed by atoms with Gasteiger partial charge in [-0.2, -0.15) is 4.31 Å². The summed E-state index contributed by atoms with van der Waals surface area (Å²) < 4.78 is 61.2. The normalized spacial score (nSPS) is 17.0. The Balaban J connectivity index is 1.85. The lowest BCUT2D eigenvalue weighted by Gasteiger charge is -2.27. The van der Waals surface area contributed by atoms with Gasteiger partial charge in [-0.1, -0.05) is 57.0 Å². The molecule has 0 aliphatic carbocycles. The van der Waals surface area contributed by atoms with Crippen molar-refractivity contribution in [3.05, 3.63) is 60.2 Å². The van der Waals surface area contributed by atoms with Gasteiger partial charge in [-0.25, -0.2) is 21.6 Å². The summed E-state index contributed by atoms with van der Waals surface area (Å²) in [5.41, 5.74) is 0.909. The molecule has 9 heteroatoms. The second-order valence-electron chi connectivity index (χ2n) is 7.57. The largest absolute Gasteiger partial charge is 0.379 e. The first kappa shape index (κ1) is 23.9. The predicted molar refractivity (Wildman–Crippen MR) is 120 cm³/mol. The summed E-state index contributed by atoms with van der Waals surface area (Å²) in [6.07, 6.45) is 1.66. The maximum Gasteiger partial charge on any atom is 0.243 e. The highest BCUT2D eigenvalue weighted by atomic mass is 32.2. The average Bonchev–Trinajstić information content (AvgIpc) is 2.80. The maximum absolute atomic E-state index is 13.1. The fourth-order valence-corrected chi connectivity index (χ4v) is 6.52. The highest BCUT2D eigenvalue weighted by molar-refractivity contribution is 7.89. The van der Waals surface area contributed by atoms with Crippen LogP contribution in [-0.4, -0.2) is 47.4 Å². The van der Waals surface area contributed by atoms with E-state index in [2.05, 4.69) is 4.72 Å². The second-order valence-corrected chi connectivity index (χ2v) is 11.2. The summed E-state index contributed by atoms with van der Waals surface area (Å²) >= 11 is 0. The monoisotopic (exact) mass is 466 g/mol. The molecule has 1 fully saturated rings. The van der Waals surface area contributed by atoms with Crippen molar-refractivity contribution in [1.82, 2.24) is 9.03 Å². The zero-order valence-electron chi connectivity index (χ0n) is 17.9. The lowest BCUT2D eigenvalue weighted by atomic mass is 9.90. The summed E-state index contributed by atoms with van der Waals surface area (Å²) in [5, 5.41) is 0. The molecule has 0 saturated carbocycles. The van der Waals surface area contributed by atoms with Crippen LogP contribution >= 0.6 is 0 Å². The summed E-state index contributed by atoms with van der Waals surface area (Å²) in [6, 6.07) is 14.6. The van der Waals surface area contributed by atoms with Crippen LogP contribution in [0, 0.1) is 5.92 Å². The Morgan fingerprint density at radius 3 is 1.97 bits per heavy atom. The van der Waals surface area contributed by atoms with Gasteiger partial charge in [0.2, 0.25) is 20.0 Å². The maximum atomic E-state index is 13.1. The highest BCUT2D eigenvalue weighted by Crippen LogP contribution is 2.29. The minimum atomic E-state index is -3.84. The van der Waals surface area contributed by atoms with Crippen LogP contribution in [0.4, 0.5) is 0 Å².